The summed E-state index contributed by atoms with van der Waals surface area (Å²) in [4.78, 5) is 22.8. The van der Waals surface area contributed by atoms with Gasteiger partial charge in [-0.05, 0) is 31.2 Å². The maximum Gasteiger partial charge on any atom is 0.308 e. The molecule has 2 N–H and O–H groups in total. The van der Waals surface area contributed by atoms with Gasteiger partial charge in [0.2, 0.25) is 0 Å². The van der Waals surface area contributed by atoms with Crippen molar-refractivity contribution in [2.45, 2.75) is 13.8 Å². The standard InChI is InChI=1S/C16H19NO5/c1-3-21-13-4-5-14-11(7-13)6-12(9-22-14)15(18)17-8-10(2)16(19)20/h4-7,10H,3,8-9H2,1-2H3,(H,17,18)(H,19,20)/t10-/m1/s1. The van der Waals surface area contributed by atoms with Crippen LogP contribution in [0, 0.1) is 5.92 Å². The molecule has 1 aromatic carbocycles. The molecule has 0 aliphatic carbocycles. The molecule has 0 spiro atoms. The van der Waals surface area contributed by atoms with E-state index in [0.29, 0.717) is 23.7 Å². The number of hydrogen-bond acceptors (Lipinski definition) is 4. The average molecular weight is 305 g/mol. The molecule has 1 amide bonds. The van der Waals surface area contributed by atoms with Gasteiger partial charge in [-0.15, -0.1) is 0 Å². The zero-order valence-electron chi connectivity index (χ0n) is 12.6. The molecule has 1 aromatic rings. The first-order chi connectivity index (χ1) is 10.5. The van der Waals surface area contributed by atoms with E-state index in [4.69, 9.17) is 14.6 Å². The van der Waals surface area contributed by atoms with Gasteiger partial charge in [-0.25, -0.2) is 0 Å². The fraction of sp³-hybridized carbons (Fsp3) is 0.375. The van der Waals surface area contributed by atoms with Crippen molar-refractivity contribution < 1.29 is 24.2 Å². The van der Waals surface area contributed by atoms with E-state index >= 15 is 0 Å². The maximum atomic E-state index is 12.1. The summed E-state index contributed by atoms with van der Waals surface area (Å²) in [6.07, 6.45) is 1.74. The molecular formula is C16H19NO5. The van der Waals surface area contributed by atoms with Crippen LogP contribution < -0.4 is 14.8 Å². The normalized spacial score (nSPS) is 14.2. The smallest absolute Gasteiger partial charge is 0.308 e. The average Bonchev–Trinajstić information content (AvgIpc) is 2.51. The number of hydrogen-bond donors (Lipinski definition) is 2. The molecule has 6 nitrogen and oxygen atoms in total. The Morgan fingerprint density at radius 1 is 1.45 bits per heavy atom. The lowest BCUT2D eigenvalue weighted by atomic mass is 10.1. The summed E-state index contributed by atoms with van der Waals surface area (Å²) < 4.78 is 11.0. The molecule has 1 heterocycles. The summed E-state index contributed by atoms with van der Waals surface area (Å²) in [6, 6.07) is 5.43. The van der Waals surface area contributed by atoms with E-state index in [2.05, 4.69) is 5.32 Å². The van der Waals surface area contributed by atoms with Gasteiger partial charge in [0.1, 0.15) is 18.1 Å². The van der Waals surface area contributed by atoms with Gasteiger partial charge in [0.15, 0.2) is 0 Å². The number of nitrogens with one attached hydrogen (secondary N) is 1. The summed E-state index contributed by atoms with van der Waals surface area (Å²) in [5.74, 6) is -0.492. The molecule has 0 saturated heterocycles. The third-order valence-corrected chi connectivity index (χ3v) is 3.29. The van der Waals surface area contributed by atoms with Crippen LogP contribution in [0.5, 0.6) is 11.5 Å². The van der Waals surface area contributed by atoms with Crippen LogP contribution in [0.3, 0.4) is 0 Å². The van der Waals surface area contributed by atoms with Gasteiger partial charge in [-0.3, -0.25) is 9.59 Å². The number of carboxylic acids is 1. The van der Waals surface area contributed by atoms with E-state index in [0.717, 1.165) is 5.56 Å². The summed E-state index contributed by atoms with van der Waals surface area (Å²) >= 11 is 0. The van der Waals surface area contributed by atoms with Crippen LogP contribution in [0.4, 0.5) is 0 Å². The second-order valence-corrected chi connectivity index (χ2v) is 5.04. The van der Waals surface area contributed by atoms with Crippen LogP contribution in [0.2, 0.25) is 0 Å². The van der Waals surface area contributed by atoms with Crippen molar-refractivity contribution in [3.8, 4) is 11.5 Å². The predicted octanol–water partition coefficient (Wildman–Crippen LogP) is 1.70. The zero-order chi connectivity index (χ0) is 16.1. The van der Waals surface area contributed by atoms with Crippen molar-refractivity contribution in [3.63, 3.8) is 0 Å². The van der Waals surface area contributed by atoms with Crippen molar-refractivity contribution in [1.82, 2.24) is 5.32 Å². The van der Waals surface area contributed by atoms with Crippen molar-refractivity contribution in [3.05, 3.63) is 29.3 Å². The molecule has 0 unspecified atom stereocenters. The first-order valence-corrected chi connectivity index (χ1v) is 7.12. The lowest BCUT2D eigenvalue weighted by molar-refractivity contribution is -0.141. The number of fused-ring (bicyclic) bond motifs is 1. The Hall–Kier alpha value is -2.50. The van der Waals surface area contributed by atoms with E-state index < -0.39 is 11.9 Å². The van der Waals surface area contributed by atoms with E-state index in [1.165, 1.54) is 6.92 Å². The van der Waals surface area contributed by atoms with Gasteiger partial charge in [0.25, 0.3) is 5.91 Å². The highest BCUT2D eigenvalue weighted by molar-refractivity contribution is 5.99. The molecule has 0 aromatic heterocycles. The molecule has 6 heteroatoms. The monoisotopic (exact) mass is 305 g/mol. The van der Waals surface area contributed by atoms with Crippen molar-refractivity contribution >= 4 is 18.0 Å². The highest BCUT2D eigenvalue weighted by Crippen LogP contribution is 2.30. The number of carboxylic acid groups (broad SMARTS) is 1. The Balaban J connectivity index is 2.08. The molecule has 0 radical (unpaired) electrons. The number of rotatable bonds is 6. The first kappa shape index (κ1) is 15.9. The quantitative estimate of drug-likeness (QED) is 0.835. The first-order valence-electron chi connectivity index (χ1n) is 7.12. The number of aliphatic carboxylic acids is 1. The highest BCUT2D eigenvalue weighted by atomic mass is 16.5. The lowest BCUT2D eigenvalue weighted by Gasteiger charge is -2.19. The largest absolute Gasteiger partial charge is 0.494 e. The zero-order valence-corrected chi connectivity index (χ0v) is 12.6. The van der Waals surface area contributed by atoms with Gasteiger partial charge < -0.3 is 19.9 Å². The number of amides is 1. The van der Waals surface area contributed by atoms with Crippen LogP contribution >= 0.6 is 0 Å². The Morgan fingerprint density at radius 3 is 2.91 bits per heavy atom. The van der Waals surface area contributed by atoms with Gasteiger partial charge >= 0.3 is 5.97 Å². The van der Waals surface area contributed by atoms with Gasteiger partial charge in [0.05, 0.1) is 18.1 Å². The fourth-order valence-corrected chi connectivity index (χ4v) is 1.99. The van der Waals surface area contributed by atoms with Crippen LogP contribution in [-0.4, -0.2) is 36.7 Å². The van der Waals surface area contributed by atoms with Crippen molar-refractivity contribution in [2.24, 2.45) is 5.92 Å². The molecule has 1 atom stereocenters. The Labute approximate surface area is 128 Å². The number of carbonyl (C=O) groups is 2. The van der Waals surface area contributed by atoms with E-state index in [9.17, 15) is 9.59 Å². The maximum absolute atomic E-state index is 12.1. The molecule has 0 bridgehead atoms. The Bertz CT molecular complexity index is 609. The highest BCUT2D eigenvalue weighted by Gasteiger charge is 2.19. The van der Waals surface area contributed by atoms with Crippen molar-refractivity contribution in [2.75, 3.05) is 19.8 Å². The van der Waals surface area contributed by atoms with E-state index in [-0.39, 0.29) is 19.1 Å². The fourth-order valence-electron chi connectivity index (χ4n) is 1.99. The summed E-state index contributed by atoms with van der Waals surface area (Å²) in [6.45, 7) is 4.24. The topological polar surface area (TPSA) is 84.9 Å². The summed E-state index contributed by atoms with van der Waals surface area (Å²) in [5, 5.41) is 11.4. The Kier molecular flexibility index (Phi) is 5.04. The minimum atomic E-state index is -0.944. The molecule has 22 heavy (non-hydrogen) atoms. The SMILES string of the molecule is CCOc1ccc2c(c1)C=C(C(=O)NC[C@@H](C)C(=O)O)CO2. The third-order valence-electron chi connectivity index (χ3n) is 3.29. The van der Waals surface area contributed by atoms with Crippen molar-refractivity contribution in [1.29, 1.82) is 0 Å². The third kappa shape index (κ3) is 3.78. The Morgan fingerprint density at radius 2 is 2.23 bits per heavy atom. The van der Waals surface area contributed by atoms with Crippen LogP contribution in [0.1, 0.15) is 19.4 Å². The van der Waals surface area contributed by atoms with Crippen LogP contribution in [0.25, 0.3) is 6.08 Å². The van der Waals surface area contributed by atoms with E-state index in [1.54, 1.807) is 12.1 Å². The molecule has 0 fully saturated rings. The van der Waals surface area contributed by atoms with Crippen LogP contribution in [0.15, 0.2) is 23.8 Å². The molecule has 1 aliphatic rings. The predicted molar refractivity (Wildman–Crippen MR) is 80.9 cm³/mol. The second kappa shape index (κ2) is 6.98. The molecule has 1 aliphatic heterocycles. The molecule has 2 rings (SSSR count). The molecule has 0 saturated carbocycles. The molecule has 118 valence electrons. The summed E-state index contributed by atoms with van der Waals surface area (Å²) in [5.41, 5.74) is 1.23. The second-order valence-electron chi connectivity index (χ2n) is 5.04. The number of ether oxygens (including phenoxy) is 2. The number of carbonyl (C=O) groups excluding carboxylic acids is 1. The van der Waals surface area contributed by atoms with E-state index in [1.807, 2.05) is 19.1 Å². The van der Waals surface area contributed by atoms with Crippen LogP contribution in [-0.2, 0) is 9.59 Å². The number of benzene rings is 1. The molecular weight excluding hydrogens is 286 g/mol. The minimum absolute atomic E-state index is 0.0807. The summed E-state index contributed by atoms with van der Waals surface area (Å²) in [7, 11) is 0. The van der Waals surface area contributed by atoms with Gasteiger partial charge in [-0.1, -0.05) is 6.92 Å². The minimum Gasteiger partial charge on any atom is -0.494 e. The van der Waals surface area contributed by atoms with Gasteiger partial charge in [-0.2, -0.15) is 0 Å². The lowest BCUT2D eigenvalue weighted by Crippen LogP contribution is -2.34. The van der Waals surface area contributed by atoms with Gasteiger partial charge in [0, 0.05) is 12.1 Å².